The lowest BCUT2D eigenvalue weighted by atomic mass is 10.2. The summed E-state index contributed by atoms with van der Waals surface area (Å²) in [5.74, 6) is 1.76. The highest BCUT2D eigenvalue weighted by Gasteiger charge is 2.27. The van der Waals surface area contributed by atoms with Crippen LogP contribution < -0.4 is 0 Å². The SMILES string of the molecule is Cc1cc(C)n(CC2CCCN2Cc2nc(-c3ccco3)no2)n1. The van der Waals surface area contributed by atoms with Gasteiger partial charge in [-0.25, -0.2) is 0 Å². The van der Waals surface area contributed by atoms with Gasteiger partial charge in [-0.1, -0.05) is 5.16 Å². The van der Waals surface area contributed by atoms with Crippen molar-refractivity contribution in [3.63, 3.8) is 0 Å². The topological polar surface area (TPSA) is 73.1 Å². The molecule has 3 aromatic rings. The van der Waals surface area contributed by atoms with Crippen molar-refractivity contribution >= 4 is 0 Å². The van der Waals surface area contributed by atoms with Crippen LogP contribution in [0.3, 0.4) is 0 Å². The van der Waals surface area contributed by atoms with Crippen LogP contribution >= 0.6 is 0 Å². The third-order valence-electron chi connectivity index (χ3n) is 4.53. The zero-order valence-electron chi connectivity index (χ0n) is 14.0. The molecule has 0 aromatic carbocycles. The van der Waals surface area contributed by atoms with Crippen molar-refractivity contribution in [2.45, 2.75) is 45.8 Å². The molecule has 1 saturated heterocycles. The molecule has 1 atom stereocenters. The van der Waals surface area contributed by atoms with Crippen molar-refractivity contribution in [3.8, 4) is 11.6 Å². The second-order valence-electron chi connectivity index (χ2n) is 6.36. The highest BCUT2D eigenvalue weighted by Crippen LogP contribution is 2.23. The molecular formula is C17H21N5O2. The second-order valence-corrected chi connectivity index (χ2v) is 6.36. The molecule has 0 N–H and O–H groups in total. The predicted molar refractivity (Wildman–Crippen MR) is 87.1 cm³/mol. The van der Waals surface area contributed by atoms with E-state index >= 15 is 0 Å². The third-order valence-corrected chi connectivity index (χ3v) is 4.53. The average molecular weight is 327 g/mol. The van der Waals surface area contributed by atoms with E-state index in [1.54, 1.807) is 6.26 Å². The Morgan fingerprint density at radius 3 is 3.00 bits per heavy atom. The van der Waals surface area contributed by atoms with E-state index in [0.29, 0.717) is 30.1 Å². The summed E-state index contributed by atoms with van der Waals surface area (Å²) in [5.41, 5.74) is 2.27. The lowest BCUT2D eigenvalue weighted by Crippen LogP contribution is -2.33. The zero-order chi connectivity index (χ0) is 16.5. The van der Waals surface area contributed by atoms with Crippen LogP contribution in [0.25, 0.3) is 11.6 Å². The van der Waals surface area contributed by atoms with Gasteiger partial charge in [0.25, 0.3) is 0 Å². The molecule has 1 aliphatic rings. The highest BCUT2D eigenvalue weighted by molar-refractivity contribution is 5.44. The van der Waals surface area contributed by atoms with Crippen LogP contribution in [-0.2, 0) is 13.1 Å². The molecule has 7 heteroatoms. The fourth-order valence-corrected chi connectivity index (χ4v) is 3.37. The van der Waals surface area contributed by atoms with Crippen LogP contribution in [0.5, 0.6) is 0 Å². The molecule has 4 rings (SSSR count). The molecule has 0 saturated carbocycles. The highest BCUT2D eigenvalue weighted by atomic mass is 16.5. The van der Waals surface area contributed by atoms with Crippen LogP contribution in [0.1, 0.15) is 30.1 Å². The molecule has 7 nitrogen and oxygen atoms in total. The molecule has 3 aromatic heterocycles. The van der Waals surface area contributed by atoms with Gasteiger partial charge in [0.15, 0.2) is 5.76 Å². The van der Waals surface area contributed by atoms with Gasteiger partial charge in [-0.05, 0) is 51.4 Å². The fourth-order valence-electron chi connectivity index (χ4n) is 3.37. The Balaban J connectivity index is 1.44. The lowest BCUT2D eigenvalue weighted by molar-refractivity contribution is 0.191. The van der Waals surface area contributed by atoms with Gasteiger partial charge in [0, 0.05) is 11.7 Å². The standard InChI is InChI=1S/C17H21N5O2/c1-12-9-13(2)22(19-12)10-14-5-3-7-21(14)11-16-18-17(20-24-16)15-6-4-8-23-15/h4,6,8-9,14H,3,5,7,10-11H2,1-2H3. The minimum Gasteiger partial charge on any atom is -0.461 e. The molecule has 1 unspecified atom stereocenters. The van der Waals surface area contributed by atoms with Crippen LogP contribution in [-0.4, -0.2) is 37.4 Å². The van der Waals surface area contributed by atoms with Crippen molar-refractivity contribution < 1.29 is 8.94 Å². The van der Waals surface area contributed by atoms with Gasteiger partial charge in [-0.3, -0.25) is 9.58 Å². The van der Waals surface area contributed by atoms with Crippen molar-refractivity contribution in [2.24, 2.45) is 0 Å². The smallest absolute Gasteiger partial charge is 0.241 e. The molecule has 0 amide bonds. The summed E-state index contributed by atoms with van der Waals surface area (Å²) >= 11 is 0. The number of rotatable bonds is 5. The van der Waals surface area contributed by atoms with Gasteiger partial charge in [0.2, 0.25) is 11.7 Å². The maximum Gasteiger partial charge on any atom is 0.241 e. The number of aromatic nitrogens is 4. The summed E-state index contributed by atoms with van der Waals surface area (Å²) in [6.07, 6.45) is 3.96. The van der Waals surface area contributed by atoms with Crippen LogP contribution in [0.2, 0.25) is 0 Å². The molecular weight excluding hydrogens is 306 g/mol. The Kier molecular flexibility index (Phi) is 3.93. The molecule has 4 heterocycles. The minimum atomic E-state index is 0.446. The van der Waals surface area contributed by atoms with Crippen LogP contribution in [0.15, 0.2) is 33.4 Å². The van der Waals surface area contributed by atoms with Gasteiger partial charge >= 0.3 is 0 Å². The summed E-state index contributed by atoms with van der Waals surface area (Å²) < 4.78 is 12.8. The Morgan fingerprint density at radius 1 is 1.33 bits per heavy atom. The van der Waals surface area contributed by atoms with E-state index in [1.807, 2.05) is 19.1 Å². The van der Waals surface area contributed by atoms with Crippen LogP contribution in [0, 0.1) is 13.8 Å². The predicted octanol–water partition coefficient (Wildman–Crippen LogP) is 2.81. The van der Waals surface area contributed by atoms with Crippen LogP contribution in [0.4, 0.5) is 0 Å². The van der Waals surface area contributed by atoms with E-state index in [2.05, 4.69) is 37.8 Å². The first-order chi connectivity index (χ1) is 11.7. The molecule has 1 fully saturated rings. The van der Waals surface area contributed by atoms with Gasteiger partial charge < -0.3 is 8.94 Å². The lowest BCUT2D eigenvalue weighted by Gasteiger charge is -2.23. The third kappa shape index (κ3) is 2.99. The first-order valence-electron chi connectivity index (χ1n) is 8.30. The van der Waals surface area contributed by atoms with Gasteiger partial charge in [0.05, 0.1) is 25.0 Å². The van der Waals surface area contributed by atoms with Crippen molar-refractivity contribution in [1.29, 1.82) is 0 Å². The quantitative estimate of drug-likeness (QED) is 0.717. The monoisotopic (exact) mass is 327 g/mol. The first kappa shape index (κ1) is 15.1. The Hall–Kier alpha value is -2.41. The summed E-state index contributed by atoms with van der Waals surface area (Å²) in [5, 5.41) is 8.58. The number of aryl methyl sites for hydroxylation is 2. The van der Waals surface area contributed by atoms with Gasteiger partial charge in [0.1, 0.15) is 0 Å². The Morgan fingerprint density at radius 2 is 2.25 bits per heavy atom. The summed E-state index contributed by atoms with van der Waals surface area (Å²) in [6.45, 7) is 6.75. The Labute approximate surface area is 140 Å². The molecule has 0 radical (unpaired) electrons. The Bertz CT molecular complexity index is 805. The summed E-state index contributed by atoms with van der Waals surface area (Å²) in [4.78, 5) is 6.84. The van der Waals surface area contributed by atoms with Crippen molar-refractivity contribution in [1.82, 2.24) is 24.8 Å². The maximum absolute atomic E-state index is 5.39. The number of likely N-dealkylation sites (tertiary alicyclic amines) is 1. The second kappa shape index (κ2) is 6.24. The number of hydrogen-bond acceptors (Lipinski definition) is 6. The van der Waals surface area contributed by atoms with E-state index < -0.39 is 0 Å². The summed E-state index contributed by atoms with van der Waals surface area (Å²) in [6, 6.07) is 6.21. The number of hydrogen-bond donors (Lipinski definition) is 0. The van der Waals surface area contributed by atoms with Crippen molar-refractivity contribution in [3.05, 3.63) is 41.7 Å². The van der Waals surface area contributed by atoms with Gasteiger partial charge in [-0.2, -0.15) is 10.1 Å². The summed E-state index contributed by atoms with van der Waals surface area (Å²) in [7, 11) is 0. The van der Waals surface area contributed by atoms with Crippen molar-refractivity contribution in [2.75, 3.05) is 6.54 Å². The minimum absolute atomic E-state index is 0.446. The molecule has 24 heavy (non-hydrogen) atoms. The first-order valence-corrected chi connectivity index (χ1v) is 8.30. The van der Waals surface area contributed by atoms with Gasteiger partial charge in [-0.15, -0.1) is 0 Å². The molecule has 0 bridgehead atoms. The number of furan rings is 1. The fraction of sp³-hybridized carbons (Fsp3) is 0.471. The molecule has 0 aliphatic carbocycles. The molecule has 1 aliphatic heterocycles. The van der Waals surface area contributed by atoms with E-state index in [1.165, 1.54) is 12.1 Å². The molecule has 0 spiro atoms. The molecule has 126 valence electrons. The maximum atomic E-state index is 5.39. The van der Waals surface area contributed by atoms with E-state index in [4.69, 9.17) is 8.94 Å². The van der Waals surface area contributed by atoms with E-state index in [-0.39, 0.29) is 0 Å². The average Bonchev–Trinajstić information content (AvgIpc) is 3.30. The van der Waals surface area contributed by atoms with E-state index in [9.17, 15) is 0 Å². The largest absolute Gasteiger partial charge is 0.461 e. The normalized spacial score (nSPS) is 18.5. The van der Waals surface area contributed by atoms with E-state index in [0.717, 1.165) is 25.2 Å². The zero-order valence-corrected chi connectivity index (χ0v) is 14.0. The number of nitrogens with zero attached hydrogens (tertiary/aromatic N) is 5.